The van der Waals surface area contributed by atoms with Gasteiger partial charge in [-0.25, -0.2) is 0 Å². The monoisotopic (exact) mass is 184 g/mol. The molecule has 1 heterocycles. The molecule has 2 unspecified atom stereocenters. The summed E-state index contributed by atoms with van der Waals surface area (Å²) in [5.74, 6) is 0.891. The lowest BCUT2D eigenvalue weighted by atomic mass is 9.92. The second-order valence-electron chi connectivity index (χ2n) is 3.86. The van der Waals surface area contributed by atoms with Gasteiger partial charge in [0.2, 0.25) is 5.91 Å². The number of nitrogens with zero attached hydrogens (tertiary/aromatic N) is 1. The van der Waals surface area contributed by atoms with Crippen LogP contribution in [0.1, 0.15) is 32.6 Å². The van der Waals surface area contributed by atoms with Gasteiger partial charge in [-0.15, -0.1) is 0 Å². The van der Waals surface area contributed by atoms with E-state index in [0.717, 1.165) is 32.2 Å². The zero-order valence-electron chi connectivity index (χ0n) is 8.62. The summed E-state index contributed by atoms with van der Waals surface area (Å²) in [6.07, 6.45) is 3.91. The molecule has 0 spiro atoms. The quantitative estimate of drug-likeness (QED) is 0.708. The number of hydrogen-bond donors (Lipinski definition) is 1. The first-order valence-corrected chi connectivity index (χ1v) is 5.16. The summed E-state index contributed by atoms with van der Waals surface area (Å²) >= 11 is 0. The highest BCUT2D eigenvalue weighted by Crippen LogP contribution is 2.27. The average Bonchev–Trinajstić information content (AvgIpc) is 2.45. The first kappa shape index (κ1) is 10.5. The molecule has 0 bridgehead atoms. The van der Waals surface area contributed by atoms with E-state index in [-0.39, 0.29) is 0 Å². The van der Waals surface area contributed by atoms with Crippen molar-refractivity contribution in [2.45, 2.75) is 38.6 Å². The molecule has 76 valence electrons. The molecule has 0 aliphatic carbocycles. The molecule has 0 aromatic carbocycles. The van der Waals surface area contributed by atoms with Crippen molar-refractivity contribution in [3.63, 3.8) is 0 Å². The smallest absolute Gasteiger partial charge is 0.222 e. The fourth-order valence-corrected chi connectivity index (χ4v) is 2.26. The van der Waals surface area contributed by atoms with Gasteiger partial charge in [-0.1, -0.05) is 13.3 Å². The van der Waals surface area contributed by atoms with Crippen LogP contribution in [0.2, 0.25) is 0 Å². The van der Waals surface area contributed by atoms with Gasteiger partial charge in [0.1, 0.15) is 0 Å². The van der Waals surface area contributed by atoms with Gasteiger partial charge in [0.05, 0.1) is 0 Å². The standard InChI is InChI=1S/C10H20N2O/c1-3-8(6-7-11)9-4-5-10(13)12(9)2/h8-9H,3-7,11H2,1-2H3. The van der Waals surface area contributed by atoms with Crippen LogP contribution in [0.4, 0.5) is 0 Å². The van der Waals surface area contributed by atoms with Gasteiger partial charge in [0.15, 0.2) is 0 Å². The van der Waals surface area contributed by atoms with Crippen LogP contribution in [0.5, 0.6) is 0 Å². The Morgan fingerprint density at radius 1 is 1.69 bits per heavy atom. The molecule has 0 saturated carbocycles. The summed E-state index contributed by atoms with van der Waals surface area (Å²) in [4.78, 5) is 13.2. The molecule has 1 aliphatic heterocycles. The average molecular weight is 184 g/mol. The highest BCUT2D eigenvalue weighted by Gasteiger charge is 2.32. The molecule has 2 N–H and O–H groups in total. The molecule has 1 amide bonds. The molecule has 1 fully saturated rings. The van der Waals surface area contributed by atoms with Crippen molar-refractivity contribution >= 4 is 5.91 Å². The van der Waals surface area contributed by atoms with Gasteiger partial charge >= 0.3 is 0 Å². The molecular weight excluding hydrogens is 164 g/mol. The number of rotatable bonds is 4. The minimum Gasteiger partial charge on any atom is -0.342 e. The molecule has 0 aromatic rings. The maximum atomic E-state index is 11.3. The molecule has 3 nitrogen and oxygen atoms in total. The maximum Gasteiger partial charge on any atom is 0.222 e. The van der Waals surface area contributed by atoms with Crippen LogP contribution in [0.25, 0.3) is 0 Å². The Bertz CT molecular complexity index is 182. The Morgan fingerprint density at radius 2 is 2.38 bits per heavy atom. The van der Waals surface area contributed by atoms with E-state index >= 15 is 0 Å². The van der Waals surface area contributed by atoms with Crippen LogP contribution >= 0.6 is 0 Å². The molecule has 13 heavy (non-hydrogen) atoms. The Morgan fingerprint density at radius 3 is 2.77 bits per heavy atom. The van der Waals surface area contributed by atoms with Gasteiger partial charge in [-0.3, -0.25) is 4.79 Å². The number of carbonyl (C=O) groups is 1. The van der Waals surface area contributed by atoms with Gasteiger partial charge in [-0.2, -0.15) is 0 Å². The largest absolute Gasteiger partial charge is 0.342 e. The van der Waals surface area contributed by atoms with Crippen LogP contribution in [0, 0.1) is 5.92 Å². The molecule has 1 aliphatic rings. The van der Waals surface area contributed by atoms with Crippen LogP contribution in [-0.2, 0) is 4.79 Å². The van der Waals surface area contributed by atoms with Crippen molar-refractivity contribution in [3.8, 4) is 0 Å². The van der Waals surface area contributed by atoms with Crippen molar-refractivity contribution in [2.75, 3.05) is 13.6 Å². The summed E-state index contributed by atoms with van der Waals surface area (Å²) in [5.41, 5.74) is 5.55. The van der Waals surface area contributed by atoms with Gasteiger partial charge < -0.3 is 10.6 Å². The Balaban J connectivity index is 2.54. The second kappa shape index (κ2) is 4.61. The summed E-state index contributed by atoms with van der Waals surface area (Å²) < 4.78 is 0. The molecule has 0 aromatic heterocycles. The van der Waals surface area contributed by atoms with Crippen LogP contribution < -0.4 is 5.73 Å². The van der Waals surface area contributed by atoms with Crippen molar-refractivity contribution in [1.82, 2.24) is 4.90 Å². The van der Waals surface area contributed by atoms with Crippen molar-refractivity contribution < 1.29 is 4.79 Å². The SMILES string of the molecule is CCC(CCN)C1CCC(=O)N1C. The molecule has 1 saturated heterocycles. The third-order valence-corrected chi connectivity index (χ3v) is 3.15. The topological polar surface area (TPSA) is 46.3 Å². The second-order valence-corrected chi connectivity index (χ2v) is 3.86. The lowest BCUT2D eigenvalue weighted by Crippen LogP contribution is -2.35. The van der Waals surface area contributed by atoms with E-state index < -0.39 is 0 Å². The number of likely N-dealkylation sites (tertiary alicyclic amines) is 1. The van der Waals surface area contributed by atoms with Gasteiger partial charge in [-0.05, 0) is 25.3 Å². The van der Waals surface area contributed by atoms with E-state index in [2.05, 4.69) is 6.92 Å². The fraction of sp³-hybridized carbons (Fsp3) is 0.900. The number of amides is 1. The third kappa shape index (κ3) is 2.21. The van der Waals surface area contributed by atoms with E-state index in [9.17, 15) is 4.79 Å². The lowest BCUT2D eigenvalue weighted by Gasteiger charge is -2.27. The summed E-state index contributed by atoms with van der Waals surface area (Å²) in [7, 11) is 1.92. The van der Waals surface area contributed by atoms with E-state index in [1.807, 2.05) is 11.9 Å². The Hall–Kier alpha value is -0.570. The van der Waals surface area contributed by atoms with Crippen LogP contribution in [-0.4, -0.2) is 30.4 Å². The lowest BCUT2D eigenvalue weighted by molar-refractivity contribution is -0.128. The van der Waals surface area contributed by atoms with Gasteiger partial charge in [0.25, 0.3) is 0 Å². The highest BCUT2D eigenvalue weighted by atomic mass is 16.2. The molecule has 1 rings (SSSR count). The zero-order chi connectivity index (χ0) is 9.84. The number of hydrogen-bond acceptors (Lipinski definition) is 2. The predicted octanol–water partition coefficient (Wildman–Crippen LogP) is 0.982. The van der Waals surface area contributed by atoms with E-state index in [4.69, 9.17) is 5.73 Å². The maximum absolute atomic E-state index is 11.3. The molecule has 3 heteroatoms. The molecular formula is C10H20N2O. The van der Waals surface area contributed by atoms with Gasteiger partial charge in [0, 0.05) is 19.5 Å². The van der Waals surface area contributed by atoms with Crippen molar-refractivity contribution in [1.29, 1.82) is 0 Å². The van der Waals surface area contributed by atoms with Crippen molar-refractivity contribution in [2.24, 2.45) is 11.7 Å². The Labute approximate surface area is 80.3 Å². The number of nitrogens with two attached hydrogens (primary N) is 1. The first-order chi connectivity index (χ1) is 6.20. The Kier molecular flexibility index (Phi) is 3.72. The summed E-state index contributed by atoms with van der Waals surface area (Å²) in [6, 6.07) is 0.445. The highest BCUT2D eigenvalue weighted by molar-refractivity contribution is 5.78. The molecule has 0 radical (unpaired) electrons. The minimum atomic E-state index is 0.292. The predicted molar refractivity (Wildman–Crippen MR) is 53.2 cm³/mol. The third-order valence-electron chi connectivity index (χ3n) is 3.15. The number of carbonyl (C=O) groups excluding carboxylic acids is 1. The van der Waals surface area contributed by atoms with Crippen LogP contribution in [0.15, 0.2) is 0 Å². The van der Waals surface area contributed by atoms with E-state index in [1.165, 1.54) is 0 Å². The zero-order valence-corrected chi connectivity index (χ0v) is 8.62. The van der Waals surface area contributed by atoms with Crippen LogP contribution in [0.3, 0.4) is 0 Å². The fourth-order valence-electron chi connectivity index (χ4n) is 2.26. The molecule has 2 atom stereocenters. The minimum absolute atomic E-state index is 0.292. The summed E-state index contributed by atoms with van der Waals surface area (Å²) in [6.45, 7) is 2.91. The van der Waals surface area contributed by atoms with E-state index in [1.54, 1.807) is 0 Å². The van der Waals surface area contributed by atoms with E-state index in [0.29, 0.717) is 17.9 Å². The first-order valence-electron chi connectivity index (χ1n) is 5.16. The van der Waals surface area contributed by atoms with Crippen molar-refractivity contribution in [3.05, 3.63) is 0 Å². The summed E-state index contributed by atoms with van der Waals surface area (Å²) in [5, 5.41) is 0. The normalized spacial score (nSPS) is 25.3.